The van der Waals surface area contributed by atoms with Crippen molar-refractivity contribution in [2.75, 3.05) is 31.1 Å². The summed E-state index contributed by atoms with van der Waals surface area (Å²) in [5.41, 5.74) is 3.53. The lowest BCUT2D eigenvalue weighted by Crippen LogP contribution is -2.51. The average Bonchev–Trinajstić information content (AvgIpc) is 3.12. The Kier molecular flexibility index (Phi) is 4.55. The van der Waals surface area contributed by atoms with Crippen LogP contribution >= 0.6 is 0 Å². The number of morpholine rings is 1. The smallest absolute Gasteiger partial charge is 0.244 e. The quantitative estimate of drug-likeness (QED) is 0.864. The minimum absolute atomic E-state index is 0.0380. The molecule has 2 aromatic rings. The molecule has 0 aliphatic carbocycles. The van der Waals surface area contributed by atoms with E-state index < -0.39 is 0 Å². The van der Waals surface area contributed by atoms with Gasteiger partial charge in [0.05, 0.1) is 18.8 Å². The van der Waals surface area contributed by atoms with Gasteiger partial charge < -0.3 is 9.64 Å². The summed E-state index contributed by atoms with van der Waals surface area (Å²) in [7, 11) is 0. The van der Waals surface area contributed by atoms with Crippen molar-refractivity contribution in [1.82, 2.24) is 4.90 Å². The first-order valence-electron chi connectivity index (χ1n) is 9.04. The van der Waals surface area contributed by atoms with Crippen LogP contribution in [-0.2, 0) is 16.0 Å². The Labute approximate surface area is 149 Å². The van der Waals surface area contributed by atoms with Crippen LogP contribution in [0, 0.1) is 0 Å². The van der Waals surface area contributed by atoms with E-state index >= 15 is 0 Å². The second-order valence-electron chi connectivity index (χ2n) is 6.81. The lowest BCUT2D eigenvalue weighted by molar-refractivity contribution is -0.126. The van der Waals surface area contributed by atoms with Crippen molar-refractivity contribution >= 4 is 11.6 Å². The highest BCUT2D eigenvalue weighted by Gasteiger charge is 2.33. The molecule has 2 aromatic carbocycles. The van der Waals surface area contributed by atoms with Gasteiger partial charge in [-0.15, -0.1) is 0 Å². The highest BCUT2D eigenvalue weighted by atomic mass is 16.5. The van der Waals surface area contributed by atoms with Crippen molar-refractivity contribution < 1.29 is 9.53 Å². The van der Waals surface area contributed by atoms with Crippen molar-refractivity contribution in [2.45, 2.75) is 25.5 Å². The van der Waals surface area contributed by atoms with E-state index in [1.807, 2.05) is 42.2 Å². The fourth-order valence-electron chi connectivity index (χ4n) is 3.84. The first kappa shape index (κ1) is 16.3. The van der Waals surface area contributed by atoms with Crippen molar-refractivity contribution in [2.24, 2.45) is 0 Å². The van der Waals surface area contributed by atoms with Crippen LogP contribution in [0.15, 0.2) is 54.6 Å². The molecule has 1 saturated heterocycles. The van der Waals surface area contributed by atoms with Gasteiger partial charge in [0.2, 0.25) is 5.91 Å². The number of para-hydroxylation sites is 1. The number of amides is 1. The molecule has 2 heterocycles. The van der Waals surface area contributed by atoms with E-state index in [9.17, 15) is 4.79 Å². The first-order valence-corrected chi connectivity index (χ1v) is 9.04. The zero-order chi connectivity index (χ0) is 17.2. The fourth-order valence-corrected chi connectivity index (χ4v) is 3.84. The molecule has 2 atom stereocenters. The third kappa shape index (κ3) is 3.20. The Morgan fingerprint density at radius 3 is 2.68 bits per heavy atom. The van der Waals surface area contributed by atoms with Gasteiger partial charge in [-0.1, -0.05) is 48.5 Å². The second kappa shape index (κ2) is 6.98. The molecule has 4 rings (SSSR count). The topological polar surface area (TPSA) is 32.8 Å². The Hall–Kier alpha value is -2.17. The molecule has 0 aromatic heterocycles. The van der Waals surface area contributed by atoms with Crippen molar-refractivity contribution in [1.29, 1.82) is 0 Å². The maximum Gasteiger partial charge on any atom is 0.244 e. The minimum Gasteiger partial charge on any atom is -0.371 e. The lowest BCUT2D eigenvalue weighted by Gasteiger charge is -2.37. The van der Waals surface area contributed by atoms with E-state index in [0.717, 1.165) is 31.7 Å². The second-order valence-corrected chi connectivity index (χ2v) is 6.81. The zero-order valence-electron chi connectivity index (χ0n) is 14.6. The fraction of sp³-hybridized carbons (Fsp3) is 0.381. The average molecular weight is 336 g/mol. The normalized spacial score (nSPS) is 21.8. The number of hydrogen-bond acceptors (Lipinski definition) is 3. The molecule has 25 heavy (non-hydrogen) atoms. The third-order valence-electron chi connectivity index (χ3n) is 5.33. The molecule has 4 nitrogen and oxygen atoms in total. The number of carbonyl (C=O) groups is 1. The van der Waals surface area contributed by atoms with Crippen molar-refractivity contribution in [3.05, 3.63) is 65.7 Å². The molecule has 130 valence electrons. The first-order chi connectivity index (χ1) is 12.2. The molecule has 4 heteroatoms. The van der Waals surface area contributed by atoms with Gasteiger partial charge in [-0.2, -0.15) is 0 Å². The molecule has 2 unspecified atom stereocenters. The Balaban J connectivity index is 1.47. The number of benzene rings is 2. The van der Waals surface area contributed by atoms with Crippen LogP contribution in [0.25, 0.3) is 0 Å². The maximum absolute atomic E-state index is 13.1. The van der Waals surface area contributed by atoms with E-state index in [2.05, 4.69) is 29.2 Å². The van der Waals surface area contributed by atoms with E-state index in [1.54, 1.807) is 0 Å². The number of nitrogens with zero attached hydrogens (tertiary/aromatic N) is 2. The van der Waals surface area contributed by atoms with Crippen LogP contribution in [-0.4, -0.2) is 43.1 Å². The molecule has 1 fully saturated rings. The van der Waals surface area contributed by atoms with Gasteiger partial charge >= 0.3 is 0 Å². The predicted molar refractivity (Wildman–Crippen MR) is 98.7 cm³/mol. The lowest BCUT2D eigenvalue weighted by atomic mass is 10.1. The predicted octanol–water partition coefficient (Wildman–Crippen LogP) is 3.04. The van der Waals surface area contributed by atoms with E-state index in [-0.39, 0.29) is 18.1 Å². The van der Waals surface area contributed by atoms with Gasteiger partial charge in [-0.05, 0) is 30.5 Å². The standard InChI is InChI=1S/C21H24N2O2/c1-16(21(24)23-12-11-17-7-5-6-10-19(17)23)22-13-14-25-20(15-22)18-8-3-2-4-9-18/h2-10,16,20H,11-15H2,1H3. The summed E-state index contributed by atoms with van der Waals surface area (Å²) >= 11 is 0. The summed E-state index contributed by atoms with van der Waals surface area (Å²) in [4.78, 5) is 17.3. The van der Waals surface area contributed by atoms with Gasteiger partial charge in [-0.25, -0.2) is 0 Å². The molecule has 0 bridgehead atoms. The number of carbonyl (C=O) groups excluding carboxylic acids is 1. The molecule has 0 radical (unpaired) electrons. The van der Waals surface area contributed by atoms with Gasteiger partial charge in [0.15, 0.2) is 0 Å². The summed E-state index contributed by atoms with van der Waals surface area (Å²) in [6.45, 7) is 5.03. The van der Waals surface area contributed by atoms with Gasteiger partial charge in [0.25, 0.3) is 0 Å². The number of fused-ring (bicyclic) bond motifs is 1. The van der Waals surface area contributed by atoms with Crippen LogP contribution in [0.3, 0.4) is 0 Å². The van der Waals surface area contributed by atoms with Gasteiger partial charge in [-0.3, -0.25) is 9.69 Å². The number of anilines is 1. The summed E-state index contributed by atoms with van der Waals surface area (Å²) in [6, 6.07) is 18.4. The van der Waals surface area contributed by atoms with E-state index in [0.29, 0.717) is 6.61 Å². The molecular formula is C21H24N2O2. The van der Waals surface area contributed by atoms with E-state index in [1.165, 1.54) is 11.1 Å². The molecule has 0 spiro atoms. The maximum atomic E-state index is 13.1. The Morgan fingerprint density at radius 2 is 1.84 bits per heavy atom. The highest BCUT2D eigenvalue weighted by Crippen LogP contribution is 2.29. The van der Waals surface area contributed by atoms with Crippen LogP contribution in [0.2, 0.25) is 0 Å². The SMILES string of the molecule is CC(C(=O)N1CCc2ccccc21)N1CCOC(c2ccccc2)C1. The largest absolute Gasteiger partial charge is 0.371 e. The van der Waals surface area contributed by atoms with Gasteiger partial charge in [0.1, 0.15) is 0 Å². The van der Waals surface area contributed by atoms with Crippen molar-refractivity contribution in [3.8, 4) is 0 Å². The van der Waals surface area contributed by atoms with Crippen molar-refractivity contribution in [3.63, 3.8) is 0 Å². The van der Waals surface area contributed by atoms with Crippen LogP contribution in [0.4, 0.5) is 5.69 Å². The monoisotopic (exact) mass is 336 g/mol. The number of ether oxygens (including phenoxy) is 1. The molecule has 0 saturated carbocycles. The number of rotatable bonds is 3. The van der Waals surface area contributed by atoms with E-state index in [4.69, 9.17) is 4.74 Å². The summed E-state index contributed by atoms with van der Waals surface area (Å²) in [6.07, 6.45) is 0.987. The molecule has 2 aliphatic heterocycles. The minimum atomic E-state index is -0.138. The molecule has 0 N–H and O–H groups in total. The molecule has 1 amide bonds. The number of hydrogen-bond donors (Lipinski definition) is 0. The van der Waals surface area contributed by atoms with Crippen LogP contribution in [0.1, 0.15) is 24.2 Å². The highest BCUT2D eigenvalue weighted by molar-refractivity contribution is 5.98. The third-order valence-corrected chi connectivity index (χ3v) is 5.33. The molecular weight excluding hydrogens is 312 g/mol. The summed E-state index contributed by atoms with van der Waals surface area (Å²) in [5, 5.41) is 0. The Bertz CT molecular complexity index is 747. The van der Waals surface area contributed by atoms with Gasteiger partial charge in [0, 0.05) is 25.3 Å². The Morgan fingerprint density at radius 1 is 1.08 bits per heavy atom. The van der Waals surface area contributed by atoms with Crippen LogP contribution in [0.5, 0.6) is 0 Å². The summed E-state index contributed by atoms with van der Waals surface area (Å²) < 4.78 is 5.94. The van der Waals surface area contributed by atoms with Crippen LogP contribution < -0.4 is 4.90 Å². The zero-order valence-corrected chi connectivity index (χ0v) is 14.6. The molecule has 2 aliphatic rings. The summed E-state index contributed by atoms with van der Waals surface area (Å²) in [5.74, 6) is 0.193.